The summed E-state index contributed by atoms with van der Waals surface area (Å²) in [7, 11) is 0. The summed E-state index contributed by atoms with van der Waals surface area (Å²) >= 11 is -3.41. The Bertz CT molecular complexity index is 937. The van der Waals surface area contributed by atoms with Gasteiger partial charge < -0.3 is 0 Å². The first-order valence-corrected chi connectivity index (χ1v) is 16.6. The molecule has 0 aliphatic heterocycles. The number of fused-ring (bicyclic) bond motifs is 2. The normalized spacial score (nSPS) is 25.1. The van der Waals surface area contributed by atoms with Crippen LogP contribution in [0.1, 0.15) is 33.6 Å². The van der Waals surface area contributed by atoms with Crippen molar-refractivity contribution in [3.05, 3.63) is 101 Å². The van der Waals surface area contributed by atoms with E-state index in [9.17, 15) is 0 Å². The fourth-order valence-corrected chi connectivity index (χ4v) is 22.6. The van der Waals surface area contributed by atoms with E-state index >= 15 is 0 Å². The van der Waals surface area contributed by atoms with Crippen LogP contribution in [0, 0.1) is 16.7 Å². The van der Waals surface area contributed by atoms with Crippen molar-refractivity contribution in [2.75, 3.05) is 0 Å². The van der Waals surface area contributed by atoms with Crippen LogP contribution >= 0.6 is 0 Å². The van der Waals surface area contributed by atoms with Gasteiger partial charge in [-0.15, -0.1) is 0 Å². The Morgan fingerprint density at radius 1 is 0.655 bits per heavy atom. The quantitative estimate of drug-likeness (QED) is 0.453. The van der Waals surface area contributed by atoms with Crippen molar-refractivity contribution in [3.8, 4) is 0 Å². The van der Waals surface area contributed by atoms with Crippen molar-refractivity contribution in [3.63, 3.8) is 0 Å². The maximum absolute atomic E-state index is 3.41. The molecular weight excluding hydrogens is 455 g/mol. The average Bonchev–Trinajstić information content (AvgIpc) is 3.11. The van der Waals surface area contributed by atoms with Crippen molar-refractivity contribution in [2.45, 2.75) is 33.6 Å². The van der Waals surface area contributed by atoms with Crippen LogP contribution in [0.3, 0.4) is 0 Å². The molecule has 0 aromatic heterocycles. The molecule has 2 atom stereocenters. The summed E-state index contributed by atoms with van der Waals surface area (Å²) in [4.78, 5) is 0. The summed E-state index contributed by atoms with van der Waals surface area (Å²) in [5, 5.41) is 0. The summed E-state index contributed by atoms with van der Waals surface area (Å²) in [6.45, 7) is 7.61. The summed E-state index contributed by atoms with van der Waals surface area (Å²) in [6.07, 6.45) is 5.40. The molecule has 2 aliphatic rings. The van der Waals surface area contributed by atoms with Gasteiger partial charge in [-0.25, -0.2) is 0 Å². The first-order valence-electron chi connectivity index (χ1n) is 10.9. The number of allylic oxidation sites excluding steroid dienone is 2. The zero-order valence-electron chi connectivity index (χ0n) is 17.7. The molecule has 1 saturated carbocycles. The van der Waals surface area contributed by atoms with Gasteiger partial charge >= 0.3 is 180 Å². The zero-order chi connectivity index (χ0) is 20.1. The van der Waals surface area contributed by atoms with E-state index in [1.807, 2.05) is 0 Å². The average molecular weight is 485 g/mol. The third-order valence-corrected chi connectivity index (χ3v) is 22.9. The third kappa shape index (κ3) is 2.57. The summed E-state index contributed by atoms with van der Waals surface area (Å²) in [6, 6.07) is 34.5. The molecule has 1 heteroatoms. The van der Waals surface area contributed by atoms with Crippen molar-refractivity contribution in [1.29, 1.82) is 0 Å². The first kappa shape index (κ1) is 19.2. The Morgan fingerprint density at radius 2 is 1.07 bits per heavy atom. The molecule has 5 rings (SSSR count). The molecule has 3 aromatic rings. The SMILES string of the molecule is CC1(C)[C@H]2C=[C]([Sn]([c]3ccccc3)([c]3ccccc3)[c]3ccccc3)[C@]1(C)CC2. The van der Waals surface area contributed by atoms with E-state index in [0.29, 0.717) is 11.3 Å². The van der Waals surface area contributed by atoms with Crippen LogP contribution in [0.5, 0.6) is 0 Å². The Hall–Kier alpha value is -1.80. The van der Waals surface area contributed by atoms with Crippen LogP contribution in [0.2, 0.25) is 0 Å². The first-order chi connectivity index (χ1) is 14.0. The zero-order valence-corrected chi connectivity index (χ0v) is 20.6. The maximum atomic E-state index is 2.74. The van der Waals surface area contributed by atoms with E-state index in [0.717, 1.165) is 0 Å². The molecule has 0 amide bonds. The third-order valence-electron chi connectivity index (χ3n) is 8.29. The van der Waals surface area contributed by atoms with Gasteiger partial charge in [-0.3, -0.25) is 0 Å². The standard InChI is InChI=1S/C10H15.3C6H5.Sn/c1-9(2)8-4-6-10(9,3)7-5-8;3*1-2-4-6-5-3-1;/h4,8H,5,7H2,1-3H3;3*1-5H;/t8-,10+;;;;/m0..../s1. The van der Waals surface area contributed by atoms with Gasteiger partial charge in [-0.2, -0.15) is 0 Å². The molecule has 0 spiro atoms. The molecule has 2 aliphatic carbocycles. The van der Waals surface area contributed by atoms with Gasteiger partial charge in [0.05, 0.1) is 0 Å². The predicted molar refractivity (Wildman–Crippen MR) is 127 cm³/mol. The summed E-state index contributed by atoms with van der Waals surface area (Å²) in [5.41, 5.74) is 0.609. The van der Waals surface area contributed by atoms with Crippen molar-refractivity contribution in [1.82, 2.24) is 0 Å². The van der Waals surface area contributed by atoms with E-state index in [4.69, 9.17) is 0 Å². The second-order valence-corrected chi connectivity index (χ2v) is 20.4. The molecule has 0 heterocycles. The van der Waals surface area contributed by atoms with Gasteiger partial charge in [-0.1, -0.05) is 0 Å². The molecule has 2 bridgehead atoms. The van der Waals surface area contributed by atoms with Crippen molar-refractivity contribution >= 4 is 29.1 Å². The van der Waals surface area contributed by atoms with Gasteiger partial charge in [0, 0.05) is 0 Å². The van der Waals surface area contributed by atoms with Gasteiger partial charge in [0.25, 0.3) is 0 Å². The number of hydrogen-bond acceptors (Lipinski definition) is 0. The molecule has 146 valence electrons. The van der Waals surface area contributed by atoms with Gasteiger partial charge in [-0.05, 0) is 0 Å². The number of hydrogen-bond donors (Lipinski definition) is 0. The number of rotatable bonds is 4. The van der Waals surface area contributed by atoms with Gasteiger partial charge in [0.15, 0.2) is 0 Å². The van der Waals surface area contributed by atoms with Gasteiger partial charge in [0.1, 0.15) is 0 Å². The fourth-order valence-electron chi connectivity index (χ4n) is 6.26. The van der Waals surface area contributed by atoms with E-state index < -0.39 is 18.4 Å². The van der Waals surface area contributed by atoms with Crippen LogP contribution in [-0.2, 0) is 0 Å². The Balaban J connectivity index is 1.90. The molecular formula is C28H30Sn. The van der Waals surface area contributed by atoms with Crippen LogP contribution < -0.4 is 10.7 Å². The van der Waals surface area contributed by atoms with Crippen LogP contribution in [0.4, 0.5) is 0 Å². The second kappa shape index (κ2) is 6.87. The van der Waals surface area contributed by atoms with E-state index in [1.54, 1.807) is 14.3 Å². The summed E-state index contributed by atoms with van der Waals surface area (Å²) < 4.78 is 6.54. The van der Waals surface area contributed by atoms with Crippen LogP contribution in [0.25, 0.3) is 0 Å². The van der Waals surface area contributed by atoms with Crippen LogP contribution in [-0.4, -0.2) is 18.4 Å². The minimum absolute atomic E-state index is 0.273. The summed E-state index contributed by atoms with van der Waals surface area (Å²) in [5.74, 6) is 0.703. The topological polar surface area (TPSA) is 0 Å². The molecule has 0 radical (unpaired) electrons. The molecule has 29 heavy (non-hydrogen) atoms. The minimum atomic E-state index is -3.41. The molecule has 0 saturated heterocycles. The van der Waals surface area contributed by atoms with E-state index in [1.165, 1.54) is 12.8 Å². The predicted octanol–water partition coefficient (Wildman–Crippen LogP) is 5.08. The molecule has 0 nitrogen and oxygen atoms in total. The number of benzene rings is 3. The molecule has 3 aromatic carbocycles. The van der Waals surface area contributed by atoms with E-state index in [-0.39, 0.29) is 5.41 Å². The monoisotopic (exact) mass is 486 g/mol. The van der Waals surface area contributed by atoms with E-state index in [2.05, 4.69) is 118 Å². The Labute approximate surface area is 179 Å². The van der Waals surface area contributed by atoms with Crippen LogP contribution in [0.15, 0.2) is 101 Å². The Morgan fingerprint density at radius 3 is 1.38 bits per heavy atom. The Kier molecular flexibility index (Phi) is 4.55. The molecule has 0 N–H and O–H groups in total. The van der Waals surface area contributed by atoms with Crippen molar-refractivity contribution in [2.24, 2.45) is 16.7 Å². The fraction of sp³-hybridized carbons (Fsp3) is 0.286. The van der Waals surface area contributed by atoms with Gasteiger partial charge in [0.2, 0.25) is 0 Å². The molecule has 0 unspecified atom stereocenters. The molecule has 1 fully saturated rings. The second-order valence-electron chi connectivity index (χ2n) is 9.63. The van der Waals surface area contributed by atoms with Crippen molar-refractivity contribution < 1.29 is 0 Å².